The highest BCUT2D eigenvalue weighted by Crippen LogP contribution is 2.30. The number of hydrogen-bond donors (Lipinski definition) is 0. The molecule has 0 saturated heterocycles. The molecule has 4 nitrogen and oxygen atoms in total. The molecule has 0 amide bonds. The highest BCUT2D eigenvalue weighted by Gasteiger charge is 2.22. The molecule has 0 aliphatic carbocycles. The van der Waals surface area contributed by atoms with E-state index in [2.05, 4.69) is 15.9 Å². The summed E-state index contributed by atoms with van der Waals surface area (Å²) < 4.78 is 11.4. The Labute approximate surface area is 147 Å². The third-order valence-corrected chi connectivity index (χ3v) is 3.87. The van der Waals surface area contributed by atoms with E-state index in [9.17, 15) is 9.59 Å². The summed E-state index contributed by atoms with van der Waals surface area (Å²) >= 11 is 3.37. The van der Waals surface area contributed by atoms with Gasteiger partial charge in [-0.15, -0.1) is 0 Å². The lowest BCUT2D eigenvalue weighted by molar-refractivity contribution is -0.132. The molecular weight excluding hydrogens is 372 g/mol. The van der Waals surface area contributed by atoms with Crippen molar-refractivity contribution in [1.82, 2.24) is 0 Å². The second kappa shape index (κ2) is 6.84. The van der Waals surface area contributed by atoms with Crippen molar-refractivity contribution in [3.8, 4) is 5.75 Å². The van der Waals surface area contributed by atoms with E-state index in [1.54, 1.807) is 36.4 Å². The van der Waals surface area contributed by atoms with Gasteiger partial charge in [-0.05, 0) is 30.4 Å². The zero-order valence-electron chi connectivity index (χ0n) is 12.8. The molecule has 0 radical (unpaired) electrons. The van der Waals surface area contributed by atoms with Gasteiger partial charge < -0.3 is 9.47 Å². The number of halogens is 1. The lowest BCUT2D eigenvalue weighted by Gasteiger charge is -2.05. The highest BCUT2D eigenvalue weighted by molar-refractivity contribution is 9.10. The van der Waals surface area contributed by atoms with Gasteiger partial charge in [0.05, 0.1) is 5.57 Å². The fourth-order valence-corrected chi connectivity index (χ4v) is 2.52. The SMILES string of the molecule is CC(=O)Oc1ccccc1C=C1C=C(c2ccc(Br)cc2)OC1=O. The Kier molecular flexibility index (Phi) is 4.62. The molecule has 120 valence electrons. The van der Waals surface area contributed by atoms with Crippen LogP contribution >= 0.6 is 15.9 Å². The Hall–Kier alpha value is -2.66. The average molecular weight is 385 g/mol. The van der Waals surface area contributed by atoms with Gasteiger partial charge >= 0.3 is 11.9 Å². The molecule has 0 bridgehead atoms. The number of hydrogen-bond acceptors (Lipinski definition) is 4. The van der Waals surface area contributed by atoms with Crippen LogP contribution in [0.25, 0.3) is 11.8 Å². The number of para-hydroxylation sites is 1. The predicted octanol–water partition coefficient (Wildman–Crippen LogP) is 4.36. The van der Waals surface area contributed by atoms with Crippen molar-refractivity contribution in [2.75, 3.05) is 0 Å². The Morgan fingerprint density at radius 1 is 1.12 bits per heavy atom. The second-order valence-corrected chi connectivity index (χ2v) is 6.05. The Morgan fingerprint density at radius 3 is 2.54 bits per heavy atom. The highest BCUT2D eigenvalue weighted by atomic mass is 79.9. The summed E-state index contributed by atoms with van der Waals surface area (Å²) in [5.41, 5.74) is 1.84. The summed E-state index contributed by atoms with van der Waals surface area (Å²) in [5, 5.41) is 0. The first-order chi connectivity index (χ1) is 11.5. The molecular formula is C19H13BrO4. The van der Waals surface area contributed by atoms with Crippen LogP contribution in [0.3, 0.4) is 0 Å². The molecule has 1 aliphatic rings. The molecule has 0 unspecified atom stereocenters. The van der Waals surface area contributed by atoms with Crippen LogP contribution in [-0.2, 0) is 14.3 Å². The zero-order valence-corrected chi connectivity index (χ0v) is 14.4. The number of rotatable bonds is 3. The van der Waals surface area contributed by atoms with Crippen molar-refractivity contribution in [2.45, 2.75) is 6.92 Å². The number of esters is 2. The van der Waals surface area contributed by atoms with Gasteiger partial charge in [0.15, 0.2) is 0 Å². The van der Waals surface area contributed by atoms with E-state index in [0.29, 0.717) is 22.6 Å². The van der Waals surface area contributed by atoms with Crippen LogP contribution in [0.5, 0.6) is 5.75 Å². The molecule has 2 aromatic rings. The number of benzene rings is 2. The van der Waals surface area contributed by atoms with Gasteiger partial charge in [-0.3, -0.25) is 4.79 Å². The van der Waals surface area contributed by atoms with E-state index >= 15 is 0 Å². The zero-order chi connectivity index (χ0) is 17.1. The fourth-order valence-electron chi connectivity index (χ4n) is 2.26. The minimum absolute atomic E-state index is 0.396. The van der Waals surface area contributed by atoms with Crippen molar-refractivity contribution in [3.05, 3.63) is 75.8 Å². The van der Waals surface area contributed by atoms with Gasteiger partial charge in [-0.1, -0.05) is 46.3 Å². The Balaban J connectivity index is 1.94. The third-order valence-electron chi connectivity index (χ3n) is 3.34. The first kappa shape index (κ1) is 16.2. The van der Waals surface area contributed by atoms with Crippen LogP contribution in [0, 0.1) is 0 Å². The molecule has 0 fully saturated rings. The van der Waals surface area contributed by atoms with E-state index < -0.39 is 11.9 Å². The maximum Gasteiger partial charge on any atom is 0.343 e. The van der Waals surface area contributed by atoms with E-state index in [1.165, 1.54) is 6.92 Å². The van der Waals surface area contributed by atoms with Crippen LogP contribution in [-0.4, -0.2) is 11.9 Å². The van der Waals surface area contributed by atoms with Crippen molar-refractivity contribution in [3.63, 3.8) is 0 Å². The van der Waals surface area contributed by atoms with Crippen molar-refractivity contribution in [2.24, 2.45) is 0 Å². The van der Waals surface area contributed by atoms with Gasteiger partial charge in [-0.2, -0.15) is 0 Å². The van der Waals surface area contributed by atoms with E-state index in [1.807, 2.05) is 24.3 Å². The quantitative estimate of drug-likeness (QED) is 0.448. The van der Waals surface area contributed by atoms with Gasteiger partial charge in [0.25, 0.3) is 0 Å². The maximum absolute atomic E-state index is 12.1. The summed E-state index contributed by atoms with van der Waals surface area (Å²) in [4.78, 5) is 23.3. The molecule has 1 aliphatic heterocycles. The van der Waals surface area contributed by atoms with Crippen LogP contribution < -0.4 is 4.74 Å². The largest absolute Gasteiger partial charge is 0.426 e. The summed E-state index contributed by atoms with van der Waals surface area (Å²) in [6.07, 6.45) is 3.32. The molecule has 24 heavy (non-hydrogen) atoms. The van der Waals surface area contributed by atoms with Crippen LogP contribution in [0.15, 0.2) is 64.7 Å². The standard InChI is InChI=1S/C19H13BrO4/c1-12(21)23-17-5-3-2-4-14(17)10-15-11-18(24-19(15)22)13-6-8-16(20)9-7-13/h2-11H,1H3. The summed E-state index contributed by atoms with van der Waals surface area (Å²) in [6, 6.07) is 14.5. The Morgan fingerprint density at radius 2 is 1.83 bits per heavy atom. The fraction of sp³-hybridized carbons (Fsp3) is 0.0526. The van der Waals surface area contributed by atoms with Crippen LogP contribution in [0.4, 0.5) is 0 Å². The lowest BCUT2D eigenvalue weighted by Crippen LogP contribution is -2.03. The summed E-state index contributed by atoms with van der Waals surface area (Å²) in [7, 11) is 0. The second-order valence-electron chi connectivity index (χ2n) is 5.14. The van der Waals surface area contributed by atoms with Crippen molar-refractivity contribution in [1.29, 1.82) is 0 Å². The van der Waals surface area contributed by atoms with Gasteiger partial charge in [-0.25, -0.2) is 4.79 Å². The van der Waals surface area contributed by atoms with Crippen molar-refractivity contribution >= 4 is 39.7 Å². The molecule has 5 heteroatoms. The molecule has 0 aromatic heterocycles. The normalized spacial score (nSPS) is 15.2. The molecule has 1 heterocycles. The van der Waals surface area contributed by atoms with Gasteiger partial charge in [0, 0.05) is 22.5 Å². The number of carbonyl (C=O) groups excluding carboxylic acids is 2. The monoisotopic (exact) mass is 384 g/mol. The van der Waals surface area contributed by atoms with Crippen molar-refractivity contribution < 1.29 is 19.1 Å². The first-order valence-corrected chi connectivity index (χ1v) is 8.01. The first-order valence-electron chi connectivity index (χ1n) is 7.22. The summed E-state index contributed by atoms with van der Waals surface area (Å²) in [5.74, 6) is 0.0333. The molecule has 0 saturated carbocycles. The van der Waals surface area contributed by atoms with Gasteiger partial charge in [0.1, 0.15) is 11.5 Å². The molecule has 0 atom stereocenters. The van der Waals surface area contributed by atoms with E-state index in [-0.39, 0.29) is 0 Å². The predicted molar refractivity (Wildman–Crippen MR) is 93.9 cm³/mol. The van der Waals surface area contributed by atoms with Gasteiger partial charge in [0.2, 0.25) is 0 Å². The van der Waals surface area contributed by atoms with E-state index in [0.717, 1.165) is 10.0 Å². The number of cyclic esters (lactones) is 1. The van der Waals surface area contributed by atoms with E-state index in [4.69, 9.17) is 9.47 Å². The molecule has 0 N–H and O–H groups in total. The topological polar surface area (TPSA) is 52.6 Å². The minimum Gasteiger partial charge on any atom is -0.426 e. The number of carbonyl (C=O) groups is 2. The van der Waals surface area contributed by atoms with Crippen LogP contribution in [0.1, 0.15) is 18.1 Å². The number of ether oxygens (including phenoxy) is 2. The average Bonchev–Trinajstić information content (AvgIpc) is 2.90. The third kappa shape index (κ3) is 3.63. The van der Waals surface area contributed by atoms with Crippen LogP contribution in [0.2, 0.25) is 0 Å². The summed E-state index contributed by atoms with van der Waals surface area (Å²) in [6.45, 7) is 1.33. The minimum atomic E-state index is -0.439. The smallest absolute Gasteiger partial charge is 0.343 e. The lowest BCUT2D eigenvalue weighted by atomic mass is 10.1. The molecule has 2 aromatic carbocycles. The molecule has 3 rings (SSSR count). The Bertz CT molecular complexity index is 863. The molecule has 0 spiro atoms. The maximum atomic E-state index is 12.1.